The molecule has 0 fully saturated rings. The van der Waals surface area contributed by atoms with E-state index in [1.807, 2.05) is 13.0 Å². The lowest BCUT2D eigenvalue weighted by molar-refractivity contribution is 0.696. The van der Waals surface area contributed by atoms with Crippen molar-refractivity contribution in [1.82, 2.24) is 5.32 Å². The summed E-state index contributed by atoms with van der Waals surface area (Å²) in [5.74, 6) is 0. The molecule has 0 aliphatic rings. The fourth-order valence-corrected chi connectivity index (χ4v) is 1.04. The van der Waals surface area contributed by atoms with Gasteiger partial charge in [-0.3, -0.25) is 0 Å². The number of nitrogens with one attached hydrogen (secondary N) is 1. The number of rotatable bonds is 7. The fraction of sp³-hybridized carbons (Fsp3) is 0.636. The van der Waals surface area contributed by atoms with Crippen LogP contribution in [0, 0.1) is 0 Å². The molecule has 0 bridgehead atoms. The second-order valence-corrected chi connectivity index (χ2v) is 3.25. The maximum atomic E-state index is 5.67. The molecular weight excluding hydrogens is 160 g/mol. The molecule has 0 aliphatic heterocycles. The molecule has 76 valence electrons. The first-order chi connectivity index (χ1) is 6.20. The minimum atomic E-state index is 0.975. The molecule has 13 heavy (non-hydrogen) atoms. The molecule has 0 aromatic carbocycles. The molecule has 2 heteroatoms. The van der Waals surface area contributed by atoms with E-state index < -0.39 is 0 Å². The van der Waals surface area contributed by atoms with Gasteiger partial charge in [0.25, 0.3) is 0 Å². The molecule has 0 radical (unpaired) electrons. The lowest BCUT2D eigenvalue weighted by Crippen LogP contribution is -2.13. The number of nitrogens with two attached hydrogens (primary N) is 1. The summed E-state index contributed by atoms with van der Waals surface area (Å²) in [6.07, 6.45) is 6.20. The van der Waals surface area contributed by atoms with Crippen LogP contribution in [-0.4, -0.2) is 6.54 Å². The Morgan fingerprint density at radius 3 is 2.69 bits per heavy atom. The normalized spacial score (nSPS) is 11.4. The van der Waals surface area contributed by atoms with Crippen molar-refractivity contribution in [2.75, 3.05) is 6.54 Å². The lowest BCUT2D eigenvalue weighted by Gasteiger charge is -2.07. The van der Waals surface area contributed by atoms with Crippen LogP contribution >= 0.6 is 0 Å². The molecule has 0 spiro atoms. The summed E-state index contributed by atoms with van der Waals surface area (Å²) in [4.78, 5) is 0. The third-order valence-electron chi connectivity index (χ3n) is 1.94. The van der Waals surface area contributed by atoms with Crippen molar-refractivity contribution in [1.29, 1.82) is 0 Å². The minimum Gasteiger partial charge on any atom is -0.402 e. The highest BCUT2D eigenvalue weighted by atomic mass is 14.9. The zero-order chi connectivity index (χ0) is 10.1. The van der Waals surface area contributed by atoms with Crippen LogP contribution in [0.3, 0.4) is 0 Å². The summed E-state index contributed by atoms with van der Waals surface area (Å²) < 4.78 is 0. The van der Waals surface area contributed by atoms with Crippen molar-refractivity contribution in [2.24, 2.45) is 5.73 Å². The first-order valence-electron chi connectivity index (χ1n) is 5.03. The average molecular weight is 182 g/mol. The van der Waals surface area contributed by atoms with Gasteiger partial charge >= 0.3 is 0 Å². The molecule has 0 aromatic rings. The quantitative estimate of drug-likeness (QED) is 0.635. The van der Waals surface area contributed by atoms with Crippen LogP contribution in [0.15, 0.2) is 24.0 Å². The molecule has 2 nitrogen and oxygen atoms in total. The van der Waals surface area contributed by atoms with Crippen molar-refractivity contribution in [3.63, 3.8) is 0 Å². The summed E-state index contributed by atoms with van der Waals surface area (Å²) in [5.41, 5.74) is 7.78. The van der Waals surface area contributed by atoms with Gasteiger partial charge in [-0.05, 0) is 32.6 Å². The van der Waals surface area contributed by atoms with Crippen LogP contribution in [0.2, 0.25) is 0 Å². The molecule has 3 N–H and O–H groups in total. The lowest BCUT2D eigenvalue weighted by atomic mass is 10.1. The van der Waals surface area contributed by atoms with Gasteiger partial charge in [-0.1, -0.05) is 19.6 Å². The van der Waals surface area contributed by atoms with Crippen LogP contribution in [0.25, 0.3) is 0 Å². The smallest absolute Gasteiger partial charge is 0.0141 e. The Morgan fingerprint density at radius 2 is 2.15 bits per heavy atom. The van der Waals surface area contributed by atoms with Gasteiger partial charge in [-0.25, -0.2) is 0 Å². The molecule has 0 unspecified atom stereocenters. The Balaban J connectivity index is 3.37. The number of allylic oxidation sites excluding steroid dienone is 3. The predicted octanol–water partition coefficient (Wildman–Crippen LogP) is 2.53. The van der Waals surface area contributed by atoms with Crippen molar-refractivity contribution < 1.29 is 0 Å². The molecule has 0 aromatic heterocycles. The van der Waals surface area contributed by atoms with Gasteiger partial charge in [0.1, 0.15) is 0 Å². The third-order valence-corrected chi connectivity index (χ3v) is 1.94. The predicted molar refractivity (Wildman–Crippen MR) is 59.2 cm³/mol. The molecule has 0 saturated carbocycles. The van der Waals surface area contributed by atoms with E-state index in [0.717, 1.165) is 43.6 Å². The Labute approximate surface area is 81.9 Å². The summed E-state index contributed by atoms with van der Waals surface area (Å²) >= 11 is 0. The van der Waals surface area contributed by atoms with Crippen LogP contribution in [0.5, 0.6) is 0 Å². The van der Waals surface area contributed by atoms with Crippen LogP contribution in [-0.2, 0) is 0 Å². The Bertz CT molecular complexity index is 171. The highest BCUT2D eigenvalue weighted by molar-refractivity contribution is 4.96. The summed E-state index contributed by atoms with van der Waals surface area (Å²) in [6, 6.07) is 0. The Hall–Kier alpha value is -0.920. The van der Waals surface area contributed by atoms with Crippen LogP contribution < -0.4 is 11.1 Å². The molecule has 0 rings (SSSR count). The first kappa shape index (κ1) is 12.1. The molecule has 0 atom stereocenters. The molecule has 0 heterocycles. The van der Waals surface area contributed by atoms with Gasteiger partial charge in [-0.2, -0.15) is 0 Å². The summed E-state index contributed by atoms with van der Waals surface area (Å²) in [5, 5.41) is 3.27. The largest absolute Gasteiger partial charge is 0.402 e. The van der Waals surface area contributed by atoms with E-state index in [1.165, 1.54) is 0 Å². The second kappa shape index (κ2) is 7.71. The van der Waals surface area contributed by atoms with Crippen molar-refractivity contribution in [3.8, 4) is 0 Å². The maximum Gasteiger partial charge on any atom is 0.0141 e. The highest BCUT2D eigenvalue weighted by Gasteiger charge is 1.94. The average Bonchev–Trinajstić information content (AvgIpc) is 2.14. The molecular formula is C11H22N2. The zero-order valence-corrected chi connectivity index (χ0v) is 8.90. The summed E-state index contributed by atoms with van der Waals surface area (Å²) in [6.45, 7) is 9.09. The van der Waals surface area contributed by atoms with E-state index in [4.69, 9.17) is 5.73 Å². The van der Waals surface area contributed by atoms with Crippen molar-refractivity contribution in [3.05, 3.63) is 24.0 Å². The number of hydrogen-bond donors (Lipinski definition) is 2. The van der Waals surface area contributed by atoms with Crippen molar-refractivity contribution in [2.45, 2.75) is 39.5 Å². The van der Waals surface area contributed by atoms with E-state index in [1.54, 1.807) is 0 Å². The van der Waals surface area contributed by atoms with Gasteiger partial charge in [-0.15, -0.1) is 0 Å². The first-order valence-corrected chi connectivity index (χ1v) is 5.03. The fourth-order valence-electron chi connectivity index (χ4n) is 1.04. The van der Waals surface area contributed by atoms with E-state index in [9.17, 15) is 0 Å². The van der Waals surface area contributed by atoms with Gasteiger partial charge < -0.3 is 11.1 Å². The van der Waals surface area contributed by atoms with Crippen molar-refractivity contribution >= 4 is 0 Å². The maximum absolute atomic E-state index is 5.67. The van der Waals surface area contributed by atoms with Crippen LogP contribution in [0.1, 0.15) is 39.5 Å². The summed E-state index contributed by atoms with van der Waals surface area (Å²) in [7, 11) is 0. The van der Waals surface area contributed by atoms with Gasteiger partial charge in [0.15, 0.2) is 0 Å². The molecule has 0 aliphatic carbocycles. The molecule has 0 saturated heterocycles. The minimum absolute atomic E-state index is 0.975. The number of hydrogen-bond acceptors (Lipinski definition) is 2. The SMILES string of the molecule is C=C(CCC/C(N)=C/C)NCCC. The Kier molecular flexibility index (Phi) is 7.17. The molecule has 0 amide bonds. The van der Waals surface area contributed by atoms with Gasteiger partial charge in [0.05, 0.1) is 0 Å². The van der Waals surface area contributed by atoms with E-state index in [0.29, 0.717) is 0 Å². The zero-order valence-electron chi connectivity index (χ0n) is 8.90. The third kappa shape index (κ3) is 7.44. The second-order valence-electron chi connectivity index (χ2n) is 3.25. The van der Waals surface area contributed by atoms with Gasteiger partial charge in [0.2, 0.25) is 0 Å². The Morgan fingerprint density at radius 1 is 1.46 bits per heavy atom. The highest BCUT2D eigenvalue weighted by Crippen LogP contribution is 2.05. The monoisotopic (exact) mass is 182 g/mol. The van der Waals surface area contributed by atoms with E-state index >= 15 is 0 Å². The van der Waals surface area contributed by atoms with Crippen LogP contribution in [0.4, 0.5) is 0 Å². The van der Waals surface area contributed by atoms with E-state index in [2.05, 4.69) is 18.8 Å². The van der Waals surface area contributed by atoms with Gasteiger partial charge in [0, 0.05) is 17.9 Å². The van der Waals surface area contributed by atoms with E-state index in [-0.39, 0.29) is 0 Å². The standard InChI is InChI=1S/C11H22N2/c1-4-9-13-10(3)7-6-8-11(12)5-2/h5,13H,3-4,6-9,12H2,1-2H3/b11-5-. The topological polar surface area (TPSA) is 38.0 Å².